The largest absolute Gasteiger partial charge is 0.466 e. The Morgan fingerprint density at radius 3 is 1.42 bits per heavy atom. The number of nitrogens with zero attached hydrogens (tertiary/aromatic N) is 2. The Kier molecular flexibility index (Phi) is 42.3. The van der Waals surface area contributed by atoms with E-state index in [-0.39, 0.29) is 23.9 Å². The fraction of sp³-hybridized carbons (Fsp3) is 0.938. The van der Waals surface area contributed by atoms with E-state index in [4.69, 9.17) is 14.2 Å². The third-order valence-corrected chi connectivity index (χ3v) is 11.1. The summed E-state index contributed by atoms with van der Waals surface area (Å²) in [6.45, 7) is 12.3. The zero-order valence-electron chi connectivity index (χ0n) is 38.5. The standard InChI is InChI=1S/C48H95N3O6/c1-6-9-12-15-17-22-29-36-46(52)55-42-32-26-20-24-31-39-51(41-44-57-48(54)49-37-40-50(4)5)38-30-23-18-19-25-33-43-56-47(53)45(34-27-14-11-8-3)35-28-21-16-13-10-7-2/h45H,6-44H2,1-5H3,(H,49,54). The fourth-order valence-corrected chi connectivity index (χ4v) is 7.29. The maximum Gasteiger partial charge on any atom is 0.407 e. The van der Waals surface area contributed by atoms with Crippen LogP contribution in [0.1, 0.15) is 220 Å². The van der Waals surface area contributed by atoms with Crippen LogP contribution < -0.4 is 5.32 Å². The van der Waals surface area contributed by atoms with Gasteiger partial charge in [-0.1, -0.05) is 168 Å². The van der Waals surface area contributed by atoms with Crippen molar-refractivity contribution in [2.75, 3.05) is 66.6 Å². The molecular formula is C48H95N3O6. The average Bonchev–Trinajstić information content (AvgIpc) is 3.19. The molecule has 9 nitrogen and oxygen atoms in total. The summed E-state index contributed by atoms with van der Waals surface area (Å²) < 4.78 is 16.8. The highest BCUT2D eigenvalue weighted by atomic mass is 16.5. The van der Waals surface area contributed by atoms with Crippen LogP contribution in [-0.2, 0) is 23.8 Å². The third-order valence-electron chi connectivity index (χ3n) is 11.1. The molecule has 0 heterocycles. The Labute approximate surface area is 353 Å². The minimum Gasteiger partial charge on any atom is -0.466 e. The minimum atomic E-state index is -0.342. The number of carbonyl (C=O) groups is 3. The highest BCUT2D eigenvalue weighted by Crippen LogP contribution is 2.21. The molecule has 1 N–H and O–H groups in total. The molecule has 0 bridgehead atoms. The highest BCUT2D eigenvalue weighted by molar-refractivity contribution is 5.72. The second kappa shape index (κ2) is 43.7. The Balaban J connectivity index is 4.34. The topological polar surface area (TPSA) is 97.4 Å². The molecule has 0 aromatic rings. The molecule has 0 saturated carbocycles. The van der Waals surface area contributed by atoms with Crippen molar-refractivity contribution in [1.29, 1.82) is 0 Å². The lowest BCUT2D eigenvalue weighted by molar-refractivity contribution is -0.149. The first-order valence-corrected chi connectivity index (χ1v) is 24.4. The molecule has 1 atom stereocenters. The van der Waals surface area contributed by atoms with Crippen LogP contribution in [0, 0.1) is 5.92 Å². The molecule has 0 aliphatic rings. The van der Waals surface area contributed by atoms with Gasteiger partial charge in [-0.05, 0) is 72.1 Å². The summed E-state index contributed by atoms with van der Waals surface area (Å²) in [6, 6.07) is 0. The van der Waals surface area contributed by atoms with Crippen molar-refractivity contribution in [3.05, 3.63) is 0 Å². The monoisotopic (exact) mass is 810 g/mol. The van der Waals surface area contributed by atoms with Crippen LogP contribution in [-0.4, -0.2) is 94.5 Å². The van der Waals surface area contributed by atoms with E-state index in [9.17, 15) is 14.4 Å². The molecule has 1 amide bonds. The van der Waals surface area contributed by atoms with Gasteiger partial charge in [-0.2, -0.15) is 0 Å². The second-order valence-corrected chi connectivity index (χ2v) is 17.0. The Morgan fingerprint density at radius 1 is 0.456 bits per heavy atom. The number of amides is 1. The van der Waals surface area contributed by atoms with Gasteiger partial charge in [0.2, 0.25) is 0 Å². The van der Waals surface area contributed by atoms with Crippen molar-refractivity contribution in [2.45, 2.75) is 220 Å². The maximum absolute atomic E-state index is 13.0. The van der Waals surface area contributed by atoms with Crippen LogP contribution in [0.3, 0.4) is 0 Å². The zero-order chi connectivity index (χ0) is 41.9. The Bertz CT molecular complexity index is 888. The van der Waals surface area contributed by atoms with Gasteiger partial charge in [0.25, 0.3) is 0 Å². The van der Waals surface area contributed by atoms with Crippen molar-refractivity contribution >= 4 is 18.0 Å². The molecule has 0 saturated heterocycles. The van der Waals surface area contributed by atoms with Gasteiger partial charge < -0.3 is 24.4 Å². The fourth-order valence-electron chi connectivity index (χ4n) is 7.29. The second-order valence-electron chi connectivity index (χ2n) is 17.0. The van der Waals surface area contributed by atoms with E-state index in [1.165, 1.54) is 103 Å². The van der Waals surface area contributed by atoms with Crippen molar-refractivity contribution in [3.8, 4) is 0 Å². The van der Waals surface area contributed by atoms with Gasteiger partial charge in [0.1, 0.15) is 6.61 Å². The molecule has 0 aliphatic carbocycles. The molecule has 0 spiro atoms. The Hall–Kier alpha value is -1.87. The number of hydrogen-bond donors (Lipinski definition) is 1. The lowest BCUT2D eigenvalue weighted by Crippen LogP contribution is -2.35. The molecule has 57 heavy (non-hydrogen) atoms. The molecule has 338 valence electrons. The molecule has 0 rings (SSSR count). The van der Waals surface area contributed by atoms with Gasteiger partial charge in [-0.3, -0.25) is 14.5 Å². The third kappa shape index (κ3) is 40.7. The lowest BCUT2D eigenvalue weighted by atomic mass is 9.94. The Morgan fingerprint density at radius 2 is 0.895 bits per heavy atom. The van der Waals surface area contributed by atoms with E-state index in [2.05, 4.69) is 31.0 Å². The summed E-state index contributed by atoms with van der Waals surface area (Å²) in [4.78, 5) is 41.6. The summed E-state index contributed by atoms with van der Waals surface area (Å²) in [5, 5.41) is 2.83. The number of ether oxygens (including phenoxy) is 3. The van der Waals surface area contributed by atoms with Gasteiger partial charge in [0.15, 0.2) is 0 Å². The predicted molar refractivity (Wildman–Crippen MR) is 240 cm³/mol. The quantitative estimate of drug-likeness (QED) is 0.0369. The first-order chi connectivity index (χ1) is 27.8. The number of unbranched alkanes of at least 4 members (excludes halogenated alkanes) is 23. The van der Waals surface area contributed by atoms with E-state index in [0.717, 1.165) is 116 Å². The van der Waals surface area contributed by atoms with Gasteiger partial charge >= 0.3 is 18.0 Å². The highest BCUT2D eigenvalue weighted by Gasteiger charge is 2.19. The lowest BCUT2D eigenvalue weighted by Gasteiger charge is -2.22. The van der Waals surface area contributed by atoms with Crippen molar-refractivity contribution in [3.63, 3.8) is 0 Å². The van der Waals surface area contributed by atoms with Crippen molar-refractivity contribution < 1.29 is 28.6 Å². The van der Waals surface area contributed by atoms with Gasteiger partial charge in [-0.15, -0.1) is 0 Å². The zero-order valence-corrected chi connectivity index (χ0v) is 38.5. The first kappa shape index (κ1) is 55.1. The normalized spacial score (nSPS) is 12.0. The van der Waals surface area contributed by atoms with E-state index in [1.54, 1.807) is 0 Å². The smallest absolute Gasteiger partial charge is 0.407 e. The number of hydrogen-bond acceptors (Lipinski definition) is 8. The number of nitrogens with one attached hydrogen (secondary N) is 1. The van der Waals surface area contributed by atoms with E-state index >= 15 is 0 Å². The van der Waals surface area contributed by atoms with E-state index in [1.807, 2.05) is 19.0 Å². The predicted octanol–water partition coefficient (Wildman–Crippen LogP) is 12.4. The van der Waals surface area contributed by atoms with Crippen LogP contribution in [0.25, 0.3) is 0 Å². The van der Waals surface area contributed by atoms with E-state index in [0.29, 0.717) is 32.8 Å². The van der Waals surface area contributed by atoms with Crippen LogP contribution in [0.5, 0.6) is 0 Å². The van der Waals surface area contributed by atoms with Gasteiger partial charge in [-0.25, -0.2) is 4.79 Å². The number of likely N-dealkylation sites (N-methyl/N-ethyl adjacent to an activating group) is 1. The molecule has 0 aromatic heterocycles. The molecule has 0 aromatic carbocycles. The van der Waals surface area contributed by atoms with Crippen LogP contribution in [0.4, 0.5) is 4.79 Å². The summed E-state index contributed by atoms with van der Waals surface area (Å²) >= 11 is 0. The van der Waals surface area contributed by atoms with E-state index < -0.39 is 0 Å². The molecular weight excluding hydrogens is 715 g/mol. The number of carbonyl (C=O) groups excluding carboxylic acids is 3. The summed E-state index contributed by atoms with van der Waals surface area (Å²) in [5.41, 5.74) is 0. The molecule has 9 heteroatoms. The van der Waals surface area contributed by atoms with Crippen LogP contribution in [0.2, 0.25) is 0 Å². The SMILES string of the molecule is CCCCCCCCCC(=O)OCCCCCCCN(CCCCCCCCOC(=O)C(CCCCCC)CCCCCCCC)CCOC(=O)NCCN(C)C. The van der Waals surface area contributed by atoms with Crippen LogP contribution in [0.15, 0.2) is 0 Å². The van der Waals surface area contributed by atoms with Gasteiger partial charge in [0, 0.05) is 26.1 Å². The van der Waals surface area contributed by atoms with Crippen molar-refractivity contribution in [1.82, 2.24) is 15.1 Å². The molecule has 0 aliphatic heterocycles. The number of rotatable bonds is 44. The summed E-state index contributed by atoms with van der Waals surface area (Å²) in [6.07, 6.45) is 35.2. The average molecular weight is 810 g/mol. The first-order valence-electron chi connectivity index (χ1n) is 24.4. The maximum atomic E-state index is 13.0. The molecule has 0 radical (unpaired) electrons. The van der Waals surface area contributed by atoms with Crippen LogP contribution >= 0.6 is 0 Å². The number of esters is 2. The van der Waals surface area contributed by atoms with Crippen molar-refractivity contribution in [2.24, 2.45) is 5.92 Å². The number of alkyl carbamates (subject to hydrolysis) is 1. The summed E-state index contributed by atoms with van der Waals surface area (Å²) in [5.74, 6) is 0.0914. The van der Waals surface area contributed by atoms with Gasteiger partial charge in [0.05, 0.1) is 19.1 Å². The minimum absolute atomic E-state index is 0.0378. The summed E-state index contributed by atoms with van der Waals surface area (Å²) in [7, 11) is 3.97. The molecule has 0 fully saturated rings. The molecule has 1 unspecified atom stereocenters.